The average Bonchev–Trinajstić information content (AvgIpc) is 2.68. The zero-order valence-electron chi connectivity index (χ0n) is 16.4. The lowest BCUT2D eigenvalue weighted by Gasteiger charge is -2.27. The Morgan fingerprint density at radius 1 is 1.34 bits per heavy atom. The highest BCUT2D eigenvalue weighted by Crippen LogP contribution is 2.22. The van der Waals surface area contributed by atoms with Crippen LogP contribution in [0.4, 0.5) is 5.69 Å². The van der Waals surface area contributed by atoms with E-state index in [2.05, 4.69) is 15.6 Å². The first kappa shape index (κ1) is 21.5. The number of ether oxygens (including phenoxy) is 1. The number of hydrogen-bond acceptors (Lipinski definition) is 9. The lowest BCUT2D eigenvalue weighted by molar-refractivity contribution is -0.154. The van der Waals surface area contributed by atoms with E-state index in [1.807, 2.05) is 6.92 Å². The summed E-state index contributed by atoms with van der Waals surface area (Å²) in [6, 6.07) is 10.3. The van der Waals surface area contributed by atoms with Gasteiger partial charge in [0.2, 0.25) is 11.6 Å². The Morgan fingerprint density at radius 2 is 2.00 bits per heavy atom. The van der Waals surface area contributed by atoms with Crippen molar-refractivity contribution in [2.45, 2.75) is 13.3 Å². The van der Waals surface area contributed by atoms with E-state index >= 15 is 0 Å². The van der Waals surface area contributed by atoms with Crippen LogP contribution in [-0.4, -0.2) is 60.6 Å². The maximum absolute atomic E-state index is 12.2. The topological polar surface area (TPSA) is 134 Å². The SMILES string of the molecule is C[C@@H]1CC(=O)N(COC(=O)CN(C)C)N=C1c1ccc(NN=C(C#N)C#N)cc1. The van der Waals surface area contributed by atoms with Crippen molar-refractivity contribution >= 4 is 29.0 Å². The summed E-state index contributed by atoms with van der Waals surface area (Å²) >= 11 is 0. The summed E-state index contributed by atoms with van der Waals surface area (Å²) in [6.45, 7) is 1.78. The number of hydrogen-bond donors (Lipinski definition) is 1. The molecule has 0 fully saturated rings. The normalized spacial score (nSPS) is 15.8. The molecule has 0 unspecified atom stereocenters. The molecule has 1 amide bonds. The summed E-state index contributed by atoms with van der Waals surface area (Å²) in [7, 11) is 3.49. The molecule has 0 aliphatic carbocycles. The Balaban J connectivity index is 2.12. The Morgan fingerprint density at radius 3 is 2.59 bits per heavy atom. The quantitative estimate of drug-likeness (QED) is 0.415. The van der Waals surface area contributed by atoms with Crippen LogP contribution in [0.2, 0.25) is 0 Å². The van der Waals surface area contributed by atoms with Crippen LogP contribution in [0, 0.1) is 28.6 Å². The molecule has 1 atom stereocenters. The zero-order valence-corrected chi connectivity index (χ0v) is 16.4. The Labute approximate surface area is 168 Å². The summed E-state index contributed by atoms with van der Waals surface area (Å²) in [5, 5.41) is 26.6. The van der Waals surface area contributed by atoms with E-state index in [9.17, 15) is 9.59 Å². The van der Waals surface area contributed by atoms with Crippen molar-refractivity contribution in [2.24, 2.45) is 16.1 Å². The number of amides is 1. The molecule has 0 bridgehead atoms. The Hall–Kier alpha value is -3.76. The van der Waals surface area contributed by atoms with Crippen LogP contribution in [0.15, 0.2) is 34.5 Å². The molecule has 1 aromatic carbocycles. The van der Waals surface area contributed by atoms with Gasteiger partial charge in [0.15, 0.2) is 6.73 Å². The summed E-state index contributed by atoms with van der Waals surface area (Å²) in [6.07, 6.45) is 0.252. The number of esters is 1. The minimum Gasteiger partial charge on any atom is -0.441 e. The van der Waals surface area contributed by atoms with Gasteiger partial charge >= 0.3 is 5.97 Å². The average molecular weight is 395 g/mol. The number of carbonyl (C=O) groups is 2. The van der Waals surface area contributed by atoms with Crippen LogP contribution in [-0.2, 0) is 14.3 Å². The molecular formula is C19H21N7O3. The minimum absolute atomic E-state index is 0.100. The molecule has 1 aromatic rings. The summed E-state index contributed by atoms with van der Waals surface area (Å²) < 4.78 is 5.12. The van der Waals surface area contributed by atoms with Gasteiger partial charge in [0.25, 0.3) is 0 Å². The van der Waals surface area contributed by atoms with Crippen LogP contribution < -0.4 is 5.43 Å². The van der Waals surface area contributed by atoms with Crippen LogP contribution in [0.3, 0.4) is 0 Å². The van der Waals surface area contributed by atoms with Gasteiger partial charge in [0.05, 0.1) is 17.9 Å². The molecule has 1 aliphatic heterocycles. The predicted octanol–water partition coefficient (Wildman–Crippen LogP) is 1.14. The molecule has 1 heterocycles. The molecule has 0 radical (unpaired) electrons. The Kier molecular flexibility index (Phi) is 7.40. The highest BCUT2D eigenvalue weighted by atomic mass is 16.5. The molecule has 0 spiro atoms. The number of benzene rings is 1. The van der Waals surface area contributed by atoms with Gasteiger partial charge in [-0.15, -0.1) is 0 Å². The highest BCUT2D eigenvalue weighted by Gasteiger charge is 2.28. The van der Waals surface area contributed by atoms with Gasteiger partial charge in [-0.25, -0.2) is 0 Å². The van der Waals surface area contributed by atoms with Crippen LogP contribution in [0.25, 0.3) is 0 Å². The lowest BCUT2D eigenvalue weighted by atomic mass is 9.94. The maximum Gasteiger partial charge on any atom is 0.321 e. The molecule has 1 N–H and O–H groups in total. The summed E-state index contributed by atoms with van der Waals surface area (Å²) in [5.74, 6) is -0.757. The fraction of sp³-hybridized carbons (Fsp3) is 0.368. The predicted molar refractivity (Wildman–Crippen MR) is 105 cm³/mol. The summed E-state index contributed by atoms with van der Waals surface area (Å²) in [4.78, 5) is 25.6. The number of carbonyl (C=O) groups excluding carboxylic acids is 2. The monoisotopic (exact) mass is 395 g/mol. The number of hydrazone groups is 2. The van der Waals surface area contributed by atoms with Crippen molar-refractivity contribution in [1.29, 1.82) is 10.5 Å². The molecule has 0 aromatic heterocycles. The third-order valence-electron chi connectivity index (χ3n) is 3.95. The van der Waals surface area contributed by atoms with E-state index in [0.29, 0.717) is 11.4 Å². The van der Waals surface area contributed by atoms with Gasteiger partial charge < -0.3 is 4.74 Å². The molecule has 29 heavy (non-hydrogen) atoms. The maximum atomic E-state index is 12.2. The number of anilines is 1. The first-order valence-corrected chi connectivity index (χ1v) is 8.77. The summed E-state index contributed by atoms with van der Waals surface area (Å²) in [5.41, 5.74) is 4.43. The third kappa shape index (κ3) is 6.13. The van der Waals surface area contributed by atoms with Gasteiger partial charge in [-0.05, 0) is 31.8 Å². The van der Waals surface area contributed by atoms with Gasteiger partial charge in [-0.1, -0.05) is 19.1 Å². The van der Waals surface area contributed by atoms with Crippen LogP contribution >= 0.6 is 0 Å². The fourth-order valence-electron chi connectivity index (χ4n) is 2.54. The van der Waals surface area contributed by atoms with E-state index in [4.69, 9.17) is 15.3 Å². The second-order valence-electron chi connectivity index (χ2n) is 6.64. The van der Waals surface area contributed by atoms with Crippen molar-refractivity contribution in [2.75, 3.05) is 32.8 Å². The molecular weight excluding hydrogens is 374 g/mol. The number of likely N-dealkylation sites (N-methyl/N-ethyl adjacent to an activating group) is 1. The first-order chi connectivity index (χ1) is 13.8. The molecule has 0 saturated heterocycles. The van der Waals surface area contributed by atoms with E-state index in [0.717, 1.165) is 10.6 Å². The molecule has 0 saturated carbocycles. The molecule has 150 valence electrons. The molecule has 10 nitrogen and oxygen atoms in total. The first-order valence-electron chi connectivity index (χ1n) is 8.77. The van der Waals surface area contributed by atoms with Gasteiger partial charge in [-0.2, -0.15) is 25.7 Å². The highest BCUT2D eigenvalue weighted by molar-refractivity contribution is 6.10. The van der Waals surface area contributed by atoms with Gasteiger partial charge in [-0.3, -0.25) is 19.9 Å². The molecule has 2 rings (SSSR count). The second-order valence-corrected chi connectivity index (χ2v) is 6.64. The zero-order chi connectivity index (χ0) is 21.4. The molecule has 1 aliphatic rings. The largest absolute Gasteiger partial charge is 0.441 e. The lowest BCUT2D eigenvalue weighted by Crippen LogP contribution is -2.38. The van der Waals surface area contributed by atoms with Crippen molar-refractivity contribution in [1.82, 2.24) is 9.91 Å². The van der Waals surface area contributed by atoms with Crippen molar-refractivity contribution in [3.63, 3.8) is 0 Å². The third-order valence-corrected chi connectivity index (χ3v) is 3.95. The van der Waals surface area contributed by atoms with Crippen LogP contribution in [0.5, 0.6) is 0 Å². The van der Waals surface area contributed by atoms with E-state index in [-0.39, 0.29) is 37.2 Å². The van der Waals surface area contributed by atoms with Gasteiger partial charge in [0, 0.05) is 12.3 Å². The number of nitriles is 2. The van der Waals surface area contributed by atoms with Crippen molar-refractivity contribution in [3.05, 3.63) is 29.8 Å². The minimum atomic E-state index is -0.441. The number of nitrogens with zero attached hydrogens (tertiary/aromatic N) is 6. The van der Waals surface area contributed by atoms with Crippen molar-refractivity contribution < 1.29 is 14.3 Å². The van der Waals surface area contributed by atoms with E-state index in [1.54, 1.807) is 55.4 Å². The standard InChI is InChI=1S/C19H21N7O3/c1-13-8-17(27)26(12-29-18(28)11-25(2)3)24-19(13)14-4-6-15(7-5-14)22-23-16(9-20)10-21/h4-7,13,22H,8,11-12H2,1-3H3/t13-/m1/s1. The van der Waals surface area contributed by atoms with E-state index < -0.39 is 5.97 Å². The second kappa shape index (κ2) is 9.97. The Bertz CT molecular complexity index is 891. The van der Waals surface area contributed by atoms with Gasteiger partial charge in [0.1, 0.15) is 12.1 Å². The fourth-order valence-corrected chi connectivity index (χ4v) is 2.54. The van der Waals surface area contributed by atoms with Crippen molar-refractivity contribution in [3.8, 4) is 12.1 Å². The smallest absolute Gasteiger partial charge is 0.321 e. The number of rotatable bonds is 7. The number of nitrogens with one attached hydrogen (secondary N) is 1. The molecule has 10 heteroatoms. The van der Waals surface area contributed by atoms with E-state index in [1.165, 1.54) is 0 Å². The van der Waals surface area contributed by atoms with Crippen LogP contribution in [0.1, 0.15) is 18.9 Å².